The number of nitrogens with one attached hydrogen (secondary N) is 1. The average molecular weight is 376 g/mol. The molecule has 0 heterocycles. The summed E-state index contributed by atoms with van der Waals surface area (Å²) in [5, 5.41) is 2.91. The number of hydrogen-bond acceptors (Lipinski definition) is 5. The van der Waals surface area contributed by atoms with Crippen LogP contribution in [0.1, 0.15) is 61.3 Å². The summed E-state index contributed by atoms with van der Waals surface area (Å²) in [7, 11) is -0.646. The lowest BCUT2D eigenvalue weighted by molar-refractivity contribution is -0.140. The Kier molecular flexibility index (Phi) is 8.64. The summed E-state index contributed by atoms with van der Waals surface area (Å²) in [6.45, 7) is 18.2. The number of alkyl carbamates (subject to hydrolysis) is 1. The van der Waals surface area contributed by atoms with Crippen LogP contribution in [-0.4, -0.2) is 45.2 Å². The summed E-state index contributed by atoms with van der Waals surface area (Å²) in [5.74, 6) is -0.310. The molecule has 1 N–H and O–H groups in total. The summed E-state index contributed by atoms with van der Waals surface area (Å²) in [6.07, 6.45) is -0.102. The van der Waals surface area contributed by atoms with Crippen molar-refractivity contribution in [2.45, 2.75) is 97.2 Å². The van der Waals surface area contributed by atoms with E-state index in [1.54, 1.807) is 0 Å². The summed E-state index contributed by atoms with van der Waals surface area (Å²) < 4.78 is 16.4. The van der Waals surface area contributed by atoms with Crippen LogP contribution in [0.25, 0.3) is 0 Å². The van der Waals surface area contributed by atoms with E-state index in [1.165, 1.54) is 7.11 Å². The predicted octanol–water partition coefficient (Wildman–Crippen LogP) is 4.24. The first-order valence-electron chi connectivity index (χ1n) is 8.83. The fourth-order valence-corrected chi connectivity index (χ4v) is 3.43. The third-order valence-corrected chi connectivity index (χ3v) is 9.02. The van der Waals surface area contributed by atoms with E-state index in [1.807, 2.05) is 27.7 Å². The molecular weight excluding hydrogens is 338 g/mol. The summed E-state index contributed by atoms with van der Waals surface area (Å²) >= 11 is 0. The lowest BCUT2D eigenvalue weighted by atomic mass is 10.1. The van der Waals surface area contributed by atoms with Gasteiger partial charge in [0.05, 0.1) is 19.3 Å². The first-order valence-corrected chi connectivity index (χ1v) is 11.7. The minimum absolute atomic E-state index is 0.0556. The number of hydrogen-bond donors (Lipinski definition) is 1. The van der Waals surface area contributed by atoms with Crippen LogP contribution in [0.15, 0.2) is 0 Å². The molecule has 0 unspecified atom stereocenters. The number of rotatable bonds is 7. The van der Waals surface area contributed by atoms with Gasteiger partial charge in [0.25, 0.3) is 0 Å². The quantitative estimate of drug-likeness (QED) is 0.532. The van der Waals surface area contributed by atoms with Gasteiger partial charge in [-0.2, -0.15) is 0 Å². The van der Waals surface area contributed by atoms with E-state index in [0.29, 0.717) is 6.42 Å². The van der Waals surface area contributed by atoms with Crippen molar-refractivity contribution in [3.05, 3.63) is 0 Å². The molecule has 0 aliphatic rings. The lowest BCUT2D eigenvalue weighted by Crippen LogP contribution is -2.51. The monoisotopic (exact) mass is 375 g/mol. The molecule has 0 rings (SSSR count). The van der Waals surface area contributed by atoms with Gasteiger partial charge in [0, 0.05) is 6.42 Å². The van der Waals surface area contributed by atoms with Crippen molar-refractivity contribution in [3.8, 4) is 0 Å². The molecule has 1 amide bonds. The average Bonchev–Trinajstić information content (AvgIpc) is 2.38. The summed E-state index contributed by atoms with van der Waals surface area (Å²) in [4.78, 5) is 23.7. The molecule has 0 radical (unpaired) electrons. The van der Waals surface area contributed by atoms with E-state index in [9.17, 15) is 9.59 Å². The van der Waals surface area contributed by atoms with Gasteiger partial charge >= 0.3 is 12.1 Å². The molecule has 0 saturated carbocycles. The van der Waals surface area contributed by atoms with Crippen LogP contribution in [0.3, 0.4) is 0 Å². The molecule has 6 nitrogen and oxygen atoms in total. The van der Waals surface area contributed by atoms with Crippen molar-refractivity contribution < 1.29 is 23.5 Å². The van der Waals surface area contributed by atoms with E-state index in [2.05, 4.69) is 39.2 Å². The highest BCUT2D eigenvalue weighted by molar-refractivity contribution is 6.74. The summed E-state index contributed by atoms with van der Waals surface area (Å²) in [6, 6.07) is -0.330. The Morgan fingerprint density at radius 1 is 1.08 bits per heavy atom. The van der Waals surface area contributed by atoms with Gasteiger partial charge in [-0.1, -0.05) is 20.8 Å². The second-order valence-corrected chi connectivity index (χ2v) is 13.7. The van der Waals surface area contributed by atoms with Crippen molar-refractivity contribution in [1.82, 2.24) is 5.32 Å². The van der Waals surface area contributed by atoms with Gasteiger partial charge in [0.15, 0.2) is 8.32 Å². The fourth-order valence-electron chi connectivity index (χ4n) is 1.98. The molecule has 0 saturated heterocycles. The van der Waals surface area contributed by atoms with Crippen molar-refractivity contribution in [1.29, 1.82) is 0 Å². The maximum Gasteiger partial charge on any atom is 0.407 e. The maximum absolute atomic E-state index is 12.2. The van der Waals surface area contributed by atoms with Crippen molar-refractivity contribution in [3.63, 3.8) is 0 Å². The number of carbonyl (C=O) groups excluding carboxylic acids is 2. The van der Waals surface area contributed by atoms with E-state index in [0.717, 1.165) is 0 Å². The Morgan fingerprint density at radius 3 is 2.00 bits per heavy atom. The SMILES string of the molecule is COC(=O)CC[C@H](NC(=O)OC(C)(C)C)[C@@H](C)O[Si](C)(C)C(C)(C)C. The largest absolute Gasteiger partial charge is 0.469 e. The molecule has 0 fully saturated rings. The molecule has 0 aromatic heterocycles. The zero-order chi connectivity index (χ0) is 20.1. The van der Waals surface area contributed by atoms with Crippen LogP contribution in [0, 0.1) is 0 Å². The van der Waals surface area contributed by atoms with E-state index in [-0.39, 0.29) is 29.6 Å². The molecule has 25 heavy (non-hydrogen) atoms. The van der Waals surface area contributed by atoms with Gasteiger partial charge in [-0.25, -0.2) is 4.79 Å². The fraction of sp³-hybridized carbons (Fsp3) is 0.889. The molecule has 0 aliphatic carbocycles. The third-order valence-electron chi connectivity index (χ3n) is 4.44. The van der Waals surface area contributed by atoms with E-state index in [4.69, 9.17) is 13.9 Å². The highest BCUT2D eigenvalue weighted by atomic mass is 28.4. The molecule has 0 spiro atoms. The van der Waals surface area contributed by atoms with Crippen LogP contribution in [0.4, 0.5) is 4.79 Å². The Labute approximate surface area is 154 Å². The third kappa shape index (κ3) is 9.25. The molecule has 0 aromatic carbocycles. The van der Waals surface area contributed by atoms with Gasteiger partial charge < -0.3 is 19.2 Å². The van der Waals surface area contributed by atoms with Crippen molar-refractivity contribution >= 4 is 20.4 Å². The van der Waals surface area contributed by atoms with Crippen LogP contribution in [0.2, 0.25) is 18.1 Å². The predicted molar refractivity (Wildman–Crippen MR) is 102 cm³/mol. The zero-order valence-corrected chi connectivity index (χ0v) is 18.6. The molecule has 0 bridgehead atoms. The number of amides is 1. The standard InChI is InChI=1S/C18H37NO5Si/c1-13(24-25(9,10)18(5,6)7)14(11-12-15(20)22-8)19-16(21)23-17(2,3)4/h13-14H,11-12H2,1-10H3,(H,19,21)/t13-,14+/m1/s1. The van der Waals surface area contributed by atoms with Crippen LogP contribution < -0.4 is 5.32 Å². The lowest BCUT2D eigenvalue weighted by Gasteiger charge is -2.40. The highest BCUT2D eigenvalue weighted by Gasteiger charge is 2.40. The number of ether oxygens (including phenoxy) is 2. The van der Waals surface area contributed by atoms with E-state index >= 15 is 0 Å². The van der Waals surface area contributed by atoms with Crippen LogP contribution >= 0.6 is 0 Å². The zero-order valence-electron chi connectivity index (χ0n) is 17.6. The Bertz CT molecular complexity index is 451. The molecular formula is C18H37NO5Si. The second kappa shape index (κ2) is 9.03. The molecule has 0 aromatic rings. The Hall–Kier alpha value is -1.08. The number of carbonyl (C=O) groups is 2. The van der Waals surface area contributed by atoms with Crippen LogP contribution in [0.5, 0.6) is 0 Å². The molecule has 7 heteroatoms. The van der Waals surface area contributed by atoms with E-state index < -0.39 is 20.0 Å². The molecule has 0 aliphatic heterocycles. The topological polar surface area (TPSA) is 73.9 Å². The minimum Gasteiger partial charge on any atom is -0.469 e. The smallest absolute Gasteiger partial charge is 0.407 e. The number of esters is 1. The molecule has 148 valence electrons. The second-order valence-electron chi connectivity index (χ2n) is 8.95. The maximum atomic E-state index is 12.2. The van der Waals surface area contributed by atoms with Gasteiger partial charge in [0.1, 0.15) is 5.60 Å². The first-order chi connectivity index (χ1) is 11.1. The van der Waals surface area contributed by atoms with Crippen molar-refractivity contribution in [2.24, 2.45) is 0 Å². The Balaban J connectivity index is 5.10. The first kappa shape index (κ1) is 23.9. The van der Waals surface area contributed by atoms with Gasteiger partial charge in [-0.05, 0) is 52.2 Å². The highest BCUT2D eigenvalue weighted by Crippen LogP contribution is 2.37. The Morgan fingerprint density at radius 2 is 1.60 bits per heavy atom. The van der Waals surface area contributed by atoms with Gasteiger partial charge in [-0.15, -0.1) is 0 Å². The van der Waals surface area contributed by atoms with Crippen molar-refractivity contribution in [2.75, 3.05) is 7.11 Å². The normalized spacial score (nSPS) is 15.3. The van der Waals surface area contributed by atoms with Crippen LogP contribution in [-0.2, 0) is 18.7 Å². The number of methoxy groups -OCH3 is 1. The molecule has 2 atom stereocenters. The van der Waals surface area contributed by atoms with Gasteiger partial charge in [-0.3, -0.25) is 4.79 Å². The van der Waals surface area contributed by atoms with Gasteiger partial charge in [0.2, 0.25) is 0 Å². The summed E-state index contributed by atoms with van der Waals surface area (Å²) in [5.41, 5.74) is -0.583. The minimum atomic E-state index is -2.00.